The van der Waals surface area contributed by atoms with Gasteiger partial charge in [-0.3, -0.25) is 4.79 Å². The second kappa shape index (κ2) is 5.11. The monoisotopic (exact) mass is 249 g/mol. The van der Waals surface area contributed by atoms with E-state index in [1.807, 2.05) is 52.0 Å². The normalized spacial score (nSPS) is 15.0. The quantitative estimate of drug-likeness (QED) is 0.834. The number of benzene rings is 1. The Balaban J connectivity index is 3.20. The lowest BCUT2D eigenvalue weighted by molar-refractivity contribution is -0.142. The maximum absolute atomic E-state index is 11.6. The lowest BCUT2D eigenvalue weighted by Gasteiger charge is -2.41. The Bertz CT molecular complexity index is 417. The SMILES string of the molecule is COC(=O)CC(C)(c1ccc(C)cc1)C(C)(C)N. The maximum atomic E-state index is 11.6. The van der Waals surface area contributed by atoms with Crippen molar-refractivity contribution in [2.45, 2.75) is 45.1 Å². The highest BCUT2D eigenvalue weighted by molar-refractivity contribution is 5.71. The molecule has 0 aliphatic carbocycles. The Morgan fingerprint density at radius 1 is 1.22 bits per heavy atom. The number of carbonyl (C=O) groups is 1. The first kappa shape index (κ1) is 14.7. The predicted molar refractivity (Wildman–Crippen MR) is 73.4 cm³/mol. The molecule has 2 N–H and O–H groups in total. The summed E-state index contributed by atoms with van der Waals surface area (Å²) >= 11 is 0. The van der Waals surface area contributed by atoms with Gasteiger partial charge in [0.25, 0.3) is 0 Å². The second-order valence-electron chi connectivity index (χ2n) is 5.67. The third-order valence-corrected chi connectivity index (χ3v) is 3.84. The predicted octanol–water partition coefficient (Wildman–Crippen LogP) is 2.55. The van der Waals surface area contributed by atoms with Gasteiger partial charge in [-0.1, -0.05) is 36.8 Å². The molecule has 0 aliphatic rings. The number of nitrogens with two attached hydrogens (primary N) is 1. The minimum absolute atomic E-state index is 0.239. The van der Waals surface area contributed by atoms with Crippen LogP contribution in [0.5, 0.6) is 0 Å². The fraction of sp³-hybridized carbons (Fsp3) is 0.533. The van der Waals surface area contributed by atoms with E-state index in [0.29, 0.717) is 0 Å². The van der Waals surface area contributed by atoms with Crippen LogP contribution < -0.4 is 5.73 Å². The van der Waals surface area contributed by atoms with Crippen LogP contribution in [0.25, 0.3) is 0 Å². The van der Waals surface area contributed by atoms with Gasteiger partial charge in [0.2, 0.25) is 0 Å². The molecular formula is C15H23NO2. The Morgan fingerprint density at radius 3 is 2.11 bits per heavy atom. The Labute approximate surface area is 109 Å². The van der Waals surface area contributed by atoms with E-state index in [1.165, 1.54) is 12.7 Å². The molecule has 1 unspecified atom stereocenters. The fourth-order valence-electron chi connectivity index (χ4n) is 1.98. The van der Waals surface area contributed by atoms with Crippen LogP contribution >= 0.6 is 0 Å². The second-order valence-corrected chi connectivity index (χ2v) is 5.67. The summed E-state index contributed by atoms with van der Waals surface area (Å²) in [6, 6.07) is 8.15. The van der Waals surface area contributed by atoms with Crippen molar-refractivity contribution in [3.05, 3.63) is 35.4 Å². The molecule has 1 rings (SSSR count). The molecule has 0 bridgehead atoms. The van der Waals surface area contributed by atoms with Crippen molar-refractivity contribution in [1.29, 1.82) is 0 Å². The molecule has 0 saturated carbocycles. The van der Waals surface area contributed by atoms with Crippen molar-refractivity contribution < 1.29 is 9.53 Å². The van der Waals surface area contributed by atoms with E-state index in [1.54, 1.807) is 0 Å². The number of aryl methyl sites for hydroxylation is 1. The molecule has 18 heavy (non-hydrogen) atoms. The van der Waals surface area contributed by atoms with Gasteiger partial charge in [-0.2, -0.15) is 0 Å². The first-order valence-corrected chi connectivity index (χ1v) is 6.13. The number of hydrogen-bond acceptors (Lipinski definition) is 3. The van der Waals surface area contributed by atoms with Crippen LogP contribution in [0.2, 0.25) is 0 Å². The van der Waals surface area contributed by atoms with Crippen molar-refractivity contribution in [2.75, 3.05) is 7.11 Å². The summed E-state index contributed by atoms with van der Waals surface area (Å²) in [5.74, 6) is -0.239. The lowest BCUT2D eigenvalue weighted by atomic mass is 9.66. The number of esters is 1. The molecule has 0 amide bonds. The van der Waals surface area contributed by atoms with Crippen molar-refractivity contribution in [2.24, 2.45) is 5.73 Å². The summed E-state index contributed by atoms with van der Waals surface area (Å²) in [5, 5.41) is 0. The number of carbonyl (C=O) groups excluding carboxylic acids is 1. The first-order chi connectivity index (χ1) is 8.20. The van der Waals surface area contributed by atoms with Crippen molar-refractivity contribution in [1.82, 2.24) is 0 Å². The zero-order chi connectivity index (χ0) is 14.0. The molecule has 0 aromatic heterocycles. The van der Waals surface area contributed by atoms with Gasteiger partial charge in [-0.25, -0.2) is 0 Å². The van der Waals surface area contributed by atoms with Gasteiger partial charge in [0, 0.05) is 11.0 Å². The molecule has 3 heteroatoms. The Hall–Kier alpha value is -1.35. The third-order valence-electron chi connectivity index (χ3n) is 3.84. The van der Waals surface area contributed by atoms with E-state index in [4.69, 9.17) is 10.5 Å². The summed E-state index contributed by atoms with van der Waals surface area (Å²) in [7, 11) is 1.40. The molecule has 0 radical (unpaired) electrons. The van der Waals surface area contributed by atoms with Crippen LogP contribution in [-0.2, 0) is 14.9 Å². The van der Waals surface area contributed by atoms with Crippen molar-refractivity contribution in [3.8, 4) is 0 Å². The summed E-state index contributed by atoms with van der Waals surface area (Å²) in [5.41, 5.74) is 7.56. The molecule has 3 nitrogen and oxygen atoms in total. The molecular weight excluding hydrogens is 226 g/mol. The summed E-state index contributed by atoms with van der Waals surface area (Å²) < 4.78 is 4.79. The van der Waals surface area contributed by atoms with Gasteiger partial charge >= 0.3 is 5.97 Å². The molecule has 0 saturated heterocycles. The molecule has 1 aromatic carbocycles. The summed E-state index contributed by atoms with van der Waals surface area (Å²) in [6.07, 6.45) is 0.274. The van der Waals surface area contributed by atoms with Crippen LogP contribution in [0.3, 0.4) is 0 Å². The van der Waals surface area contributed by atoms with Crippen LogP contribution in [0.1, 0.15) is 38.3 Å². The first-order valence-electron chi connectivity index (χ1n) is 6.13. The van der Waals surface area contributed by atoms with Crippen molar-refractivity contribution >= 4 is 5.97 Å². The summed E-state index contributed by atoms with van der Waals surface area (Å²) in [4.78, 5) is 11.6. The van der Waals surface area contributed by atoms with Gasteiger partial charge < -0.3 is 10.5 Å². The minimum atomic E-state index is -0.517. The van der Waals surface area contributed by atoms with Gasteiger partial charge in [0.15, 0.2) is 0 Å². The van der Waals surface area contributed by atoms with Crippen LogP contribution in [0.4, 0.5) is 0 Å². The highest BCUT2D eigenvalue weighted by atomic mass is 16.5. The zero-order valence-electron chi connectivity index (χ0n) is 11.9. The molecule has 0 spiro atoms. The van der Waals surface area contributed by atoms with Gasteiger partial charge in [-0.15, -0.1) is 0 Å². The molecule has 1 aromatic rings. The number of rotatable bonds is 4. The minimum Gasteiger partial charge on any atom is -0.469 e. The topological polar surface area (TPSA) is 52.3 Å². The molecule has 0 fully saturated rings. The van der Waals surface area contributed by atoms with E-state index in [0.717, 1.165) is 5.56 Å². The lowest BCUT2D eigenvalue weighted by Crippen LogP contribution is -2.53. The van der Waals surface area contributed by atoms with Crippen LogP contribution in [-0.4, -0.2) is 18.6 Å². The highest BCUT2D eigenvalue weighted by Gasteiger charge is 2.41. The third kappa shape index (κ3) is 2.91. The highest BCUT2D eigenvalue weighted by Crippen LogP contribution is 2.37. The average Bonchev–Trinajstić information content (AvgIpc) is 2.28. The smallest absolute Gasteiger partial charge is 0.306 e. The Morgan fingerprint density at radius 2 is 1.72 bits per heavy atom. The van der Waals surface area contributed by atoms with Crippen LogP contribution in [0, 0.1) is 6.92 Å². The van der Waals surface area contributed by atoms with E-state index in [2.05, 4.69) is 0 Å². The number of hydrogen-bond donors (Lipinski definition) is 1. The Kier molecular flexibility index (Phi) is 4.17. The molecule has 100 valence electrons. The number of methoxy groups -OCH3 is 1. The average molecular weight is 249 g/mol. The van der Waals surface area contributed by atoms with Gasteiger partial charge in [-0.05, 0) is 26.3 Å². The van der Waals surface area contributed by atoms with E-state index >= 15 is 0 Å². The van der Waals surface area contributed by atoms with Gasteiger partial charge in [0.05, 0.1) is 13.5 Å². The van der Waals surface area contributed by atoms with Gasteiger partial charge in [0.1, 0.15) is 0 Å². The maximum Gasteiger partial charge on any atom is 0.306 e. The zero-order valence-corrected chi connectivity index (χ0v) is 11.9. The fourth-order valence-corrected chi connectivity index (χ4v) is 1.98. The largest absolute Gasteiger partial charge is 0.469 e. The van der Waals surface area contributed by atoms with E-state index in [-0.39, 0.29) is 12.4 Å². The van der Waals surface area contributed by atoms with E-state index < -0.39 is 11.0 Å². The number of ether oxygens (including phenoxy) is 1. The van der Waals surface area contributed by atoms with Crippen molar-refractivity contribution in [3.63, 3.8) is 0 Å². The summed E-state index contributed by atoms with van der Waals surface area (Å²) in [6.45, 7) is 7.93. The standard InChI is InChI=1S/C15H23NO2/c1-11-6-8-12(9-7-11)15(4,14(2,3)16)10-13(17)18-5/h6-9H,10,16H2,1-5H3. The molecule has 0 heterocycles. The molecule has 0 aliphatic heterocycles. The molecule has 1 atom stereocenters. The van der Waals surface area contributed by atoms with E-state index in [9.17, 15) is 4.79 Å². The van der Waals surface area contributed by atoms with Crippen LogP contribution in [0.15, 0.2) is 24.3 Å².